The second kappa shape index (κ2) is 24.2. The minimum Gasteiger partial charge on any atom is -0.309 e. The first-order chi connectivity index (χ1) is 60.0. The summed E-state index contributed by atoms with van der Waals surface area (Å²) in [4.78, 5) is 0. The monoisotopic (exact) mass is 1530 g/mol. The van der Waals surface area contributed by atoms with E-state index >= 15 is 0 Å². The third kappa shape index (κ3) is 8.89. The standard InChI is InChI=1S/C114H67N7/c1-2-24-68(25-3-1)115-105-42-20-12-34-85(105)95-62-73(48-54-109(95)115)120-108-45-23-15-37-88(108)98-63-74(51-57-112(98)120)121-113-66-93-79-52-46-69(118-106-43-21-13-35-86(106)96-60-71(49-55-110(96)118)116-101-38-16-8-30-81(101)82-31-9-17-39-102(82)116)58-89(79)75-26-4-6-28-77(75)91(93)64-99(113)100-65-92-78-29-7-5-27-76(78)90-59-70(47-53-80(90)94(92)67-114(100)121)119-107-44-22-14-36-87(107)97-61-72(50-56-111(97)119)117-103-40-18-10-32-83(103)84-33-11-19-41-104(84)117/h1-67H. The van der Waals surface area contributed by atoms with Crippen molar-refractivity contribution in [2.75, 3.05) is 0 Å². The lowest BCUT2D eigenvalue weighted by atomic mass is 9.91. The summed E-state index contributed by atoms with van der Waals surface area (Å²) >= 11 is 0. The first-order valence-corrected chi connectivity index (χ1v) is 41.9. The van der Waals surface area contributed by atoms with Crippen molar-refractivity contribution in [3.8, 4) is 39.8 Å². The molecule has 0 aliphatic carbocycles. The molecule has 7 heteroatoms. The first kappa shape index (κ1) is 65.0. The van der Waals surface area contributed by atoms with E-state index in [0.29, 0.717) is 0 Å². The highest BCUT2D eigenvalue weighted by Gasteiger charge is 2.26. The van der Waals surface area contributed by atoms with Gasteiger partial charge >= 0.3 is 0 Å². The number of hydrogen-bond acceptors (Lipinski definition) is 0. The van der Waals surface area contributed by atoms with E-state index < -0.39 is 0 Å². The van der Waals surface area contributed by atoms with Crippen LogP contribution in [-0.4, -0.2) is 32.0 Å². The van der Waals surface area contributed by atoms with Crippen molar-refractivity contribution >= 4 is 217 Å². The molecule has 28 rings (SSSR count). The number of aromatic nitrogens is 7. The van der Waals surface area contributed by atoms with E-state index in [1.807, 2.05) is 0 Å². The van der Waals surface area contributed by atoms with Gasteiger partial charge < -0.3 is 32.0 Å². The van der Waals surface area contributed by atoms with Gasteiger partial charge in [-0.25, -0.2) is 0 Å². The Morgan fingerprint density at radius 1 is 0.0826 bits per heavy atom. The Labute approximate surface area is 690 Å². The molecule has 121 heavy (non-hydrogen) atoms. The average Bonchev–Trinajstić information content (AvgIpc) is 1.62. The van der Waals surface area contributed by atoms with Gasteiger partial charge in [0, 0.05) is 115 Å². The van der Waals surface area contributed by atoms with E-state index in [4.69, 9.17) is 0 Å². The van der Waals surface area contributed by atoms with Crippen molar-refractivity contribution in [2.45, 2.75) is 0 Å². The zero-order chi connectivity index (χ0) is 78.6. The summed E-state index contributed by atoms with van der Waals surface area (Å²) in [6.07, 6.45) is 0. The van der Waals surface area contributed by atoms with Crippen molar-refractivity contribution in [1.82, 2.24) is 32.0 Å². The van der Waals surface area contributed by atoms with E-state index in [2.05, 4.69) is 438 Å². The highest BCUT2D eigenvalue weighted by Crippen LogP contribution is 2.49. The Bertz CT molecular complexity index is 8980. The van der Waals surface area contributed by atoms with Gasteiger partial charge in [0.25, 0.3) is 0 Å². The number of para-hydroxylation sites is 9. The van der Waals surface area contributed by atoms with Crippen LogP contribution < -0.4 is 0 Å². The Morgan fingerprint density at radius 2 is 0.248 bits per heavy atom. The van der Waals surface area contributed by atoms with Crippen molar-refractivity contribution in [3.63, 3.8) is 0 Å². The second-order valence-corrected chi connectivity index (χ2v) is 33.0. The lowest BCUT2D eigenvalue weighted by Gasteiger charge is -2.15. The topological polar surface area (TPSA) is 34.5 Å². The highest BCUT2D eigenvalue weighted by molar-refractivity contribution is 6.33. The largest absolute Gasteiger partial charge is 0.309 e. The second-order valence-electron chi connectivity index (χ2n) is 33.0. The molecule has 28 aromatic rings. The molecule has 0 saturated carbocycles. The summed E-state index contributed by atoms with van der Waals surface area (Å²) in [6, 6.07) is 153. The number of fused-ring (bicyclic) bond motifs is 33. The van der Waals surface area contributed by atoms with Gasteiger partial charge in [-0.2, -0.15) is 0 Å². The van der Waals surface area contributed by atoms with E-state index in [9.17, 15) is 0 Å². The van der Waals surface area contributed by atoms with Crippen LogP contribution in [0.1, 0.15) is 0 Å². The molecular formula is C114H67N7. The van der Waals surface area contributed by atoms with Crippen LogP contribution in [0.4, 0.5) is 0 Å². The molecule has 7 heterocycles. The van der Waals surface area contributed by atoms with Crippen LogP contribution in [0.2, 0.25) is 0 Å². The zero-order valence-corrected chi connectivity index (χ0v) is 65.3. The fourth-order valence-electron chi connectivity index (χ4n) is 21.9. The van der Waals surface area contributed by atoms with Gasteiger partial charge in [-0.1, -0.05) is 224 Å². The van der Waals surface area contributed by atoms with Crippen LogP contribution in [0.5, 0.6) is 0 Å². The third-order valence-corrected chi connectivity index (χ3v) is 27.0. The Balaban J connectivity index is 0.675. The lowest BCUT2D eigenvalue weighted by Crippen LogP contribution is -1.97. The van der Waals surface area contributed by atoms with E-state index in [-0.39, 0.29) is 0 Å². The normalized spacial score (nSPS) is 12.5. The van der Waals surface area contributed by atoms with Crippen molar-refractivity contribution < 1.29 is 0 Å². The molecule has 0 unspecified atom stereocenters. The molecule has 7 aromatic heterocycles. The molecule has 0 saturated heterocycles. The van der Waals surface area contributed by atoms with E-state index in [1.54, 1.807) is 0 Å². The molecule has 0 aliphatic rings. The van der Waals surface area contributed by atoms with Crippen molar-refractivity contribution in [3.05, 3.63) is 406 Å². The number of benzene rings is 21. The fraction of sp³-hybridized carbons (Fsp3) is 0. The predicted molar refractivity (Wildman–Crippen MR) is 512 cm³/mol. The molecule has 558 valence electrons. The number of nitrogens with zero attached hydrogens (tertiary/aromatic N) is 7. The average molecular weight is 1530 g/mol. The lowest BCUT2D eigenvalue weighted by molar-refractivity contribution is 1.16. The smallest absolute Gasteiger partial charge is 0.0547 e. The van der Waals surface area contributed by atoms with Gasteiger partial charge in [-0.15, -0.1) is 0 Å². The maximum absolute atomic E-state index is 2.60. The molecule has 0 atom stereocenters. The van der Waals surface area contributed by atoms with E-state index in [0.717, 1.165) is 72.9 Å². The number of hydrogen-bond donors (Lipinski definition) is 0. The summed E-state index contributed by atoms with van der Waals surface area (Å²) in [7, 11) is 0. The molecule has 0 amide bonds. The van der Waals surface area contributed by atoms with Crippen LogP contribution in [-0.2, 0) is 0 Å². The molecule has 7 nitrogen and oxygen atoms in total. The van der Waals surface area contributed by atoms with Crippen LogP contribution in [0.15, 0.2) is 406 Å². The molecule has 0 spiro atoms. The zero-order valence-electron chi connectivity index (χ0n) is 65.3. The van der Waals surface area contributed by atoms with Gasteiger partial charge in [0.15, 0.2) is 0 Å². The van der Waals surface area contributed by atoms with Gasteiger partial charge in [0.1, 0.15) is 0 Å². The van der Waals surface area contributed by atoms with Gasteiger partial charge in [0.05, 0.1) is 77.2 Å². The maximum atomic E-state index is 2.60. The SMILES string of the molecule is c1ccc(-n2c3ccccc3c3cc(-n4c5ccccc5c5cc(-n6c7cc8c9ccc(-n%10c%11ccccc%11c%11cc(-n%12c%13ccccc%13c%13ccccc%13%12)ccc%11%10)cc9c9ccccc9c8cc7c7cc8c9ccccc9c9cc(-n%10c%11ccccc%11c%11cc(-n%12c%13ccccc%13c%13ccccc%13%12)ccc%11%10)ccc9c8cc76)ccc54)ccc32)cc1. The molecule has 0 fully saturated rings. The van der Waals surface area contributed by atoms with Crippen LogP contribution >= 0.6 is 0 Å². The van der Waals surface area contributed by atoms with Crippen LogP contribution in [0.25, 0.3) is 257 Å². The summed E-state index contributed by atoms with van der Waals surface area (Å²) in [5.74, 6) is 0. The minimum absolute atomic E-state index is 1.09. The third-order valence-electron chi connectivity index (χ3n) is 27.0. The molecule has 0 N–H and O–H groups in total. The molecule has 0 aliphatic heterocycles. The molecular weight excluding hydrogens is 1470 g/mol. The van der Waals surface area contributed by atoms with Gasteiger partial charge in [-0.05, 0) is 247 Å². The Morgan fingerprint density at radius 3 is 0.521 bits per heavy atom. The van der Waals surface area contributed by atoms with Gasteiger partial charge in [0.2, 0.25) is 0 Å². The number of rotatable bonds is 7. The summed E-state index contributed by atoms with van der Waals surface area (Å²) in [5, 5.41) is 31.7. The molecule has 21 aromatic carbocycles. The summed E-state index contributed by atoms with van der Waals surface area (Å²) in [5.41, 5.74) is 24.3. The predicted octanol–water partition coefficient (Wildman–Crippen LogP) is 30.3. The molecule has 0 bridgehead atoms. The fourth-order valence-corrected chi connectivity index (χ4v) is 21.9. The van der Waals surface area contributed by atoms with Crippen molar-refractivity contribution in [2.24, 2.45) is 0 Å². The van der Waals surface area contributed by atoms with Crippen molar-refractivity contribution in [1.29, 1.82) is 0 Å². The summed E-state index contributed by atoms with van der Waals surface area (Å²) in [6.45, 7) is 0. The van der Waals surface area contributed by atoms with E-state index in [1.165, 1.54) is 184 Å². The Kier molecular flexibility index (Phi) is 13.0. The summed E-state index contributed by atoms with van der Waals surface area (Å²) < 4.78 is 17.3. The first-order valence-electron chi connectivity index (χ1n) is 41.9. The van der Waals surface area contributed by atoms with Crippen LogP contribution in [0, 0.1) is 0 Å². The molecule has 0 radical (unpaired) electrons. The quantitative estimate of drug-likeness (QED) is 0.143. The van der Waals surface area contributed by atoms with Gasteiger partial charge in [-0.3, -0.25) is 0 Å². The Hall–Kier alpha value is -16.2. The van der Waals surface area contributed by atoms with Crippen LogP contribution in [0.3, 0.4) is 0 Å². The highest BCUT2D eigenvalue weighted by atomic mass is 15.0. The maximum Gasteiger partial charge on any atom is 0.0547 e. The minimum atomic E-state index is 1.09.